The number of carbonyl (C=O) groups excluding carboxylic acids is 1. The average Bonchev–Trinajstić information content (AvgIpc) is 2.52. The van der Waals surface area contributed by atoms with Crippen molar-refractivity contribution in [2.45, 2.75) is 58.7 Å². The number of benzene rings is 1. The van der Waals surface area contributed by atoms with Crippen LogP contribution in [0.4, 0.5) is 5.69 Å². The van der Waals surface area contributed by atoms with Crippen molar-refractivity contribution in [3.63, 3.8) is 0 Å². The number of likely N-dealkylation sites (N-methyl/N-ethyl adjacent to an activating group) is 1. The highest BCUT2D eigenvalue weighted by atomic mass is 28.4. The number of ether oxygens (including phenoxy) is 1. The van der Waals surface area contributed by atoms with Crippen molar-refractivity contribution in [1.82, 2.24) is 0 Å². The Kier molecular flexibility index (Phi) is 7.48. The summed E-state index contributed by atoms with van der Waals surface area (Å²) in [7, 11) is -0.128. The van der Waals surface area contributed by atoms with Crippen molar-refractivity contribution in [3.05, 3.63) is 24.3 Å². The molecule has 0 aliphatic rings. The fourth-order valence-corrected chi connectivity index (χ4v) is 2.72. The van der Waals surface area contributed by atoms with E-state index in [9.17, 15) is 4.79 Å². The maximum atomic E-state index is 12.4. The van der Waals surface area contributed by atoms with E-state index in [-0.39, 0.29) is 17.6 Å². The van der Waals surface area contributed by atoms with Gasteiger partial charge in [0, 0.05) is 12.7 Å². The standard InChI is InChI=1S/C19H33NO3Si/c1-8-9-14-22-17-12-10-16(11-13-17)20(5)18(21)15-23-24(6,7)19(2,3)4/h10-13H,8-9,14-15H2,1-7H3. The molecule has 1 rings (SSSR count). The van der Waals surface area contributed by atoms with Crippen molar-refractivity contribution in [2.75, 3.05) is 25.2 Å². The second kappa shape index (κ2) is 8.67. The predicted octanol–water partition coefficient (Wildman–Crippen LogP) is 4.85. The van der Waals surface area contributed by atoms with Crippen LogP contribution in [-0.2, 0) is 9.22 Å². The Morgan fingerprint density at radius 3 is 2.25 bits per heavy atom. The van der Waals surface area contributed by atoms with Crippen molar-refractivity contribution in [1.29, 1.82) is 0 Å². The topological polar surface area (TPSA) is 38.8 Å². The van der Waals surface area contributed by atoms with Gasteiger partial charge >= 0.3 is 0 Å². The van der Waals surface area contributed by atoms with Crippen molar-refractivity contribution in [2.24, 2.45) is 0 Å². The zero-order valence-corrected chi connectivity index (χ0v) is 17.3. The number of rotatable bonds is 8. The molecule has 0 spiro atoms. The van der Waals surface area contributed by atoms with Crippen LogP contribution in [0.25, 0.3) is 0 Å². The number of anilines is 1. The Morgan fingerprint density at radius 1 is 1.17 bits per heavy atom. The highest BCUT2D eigenvalue weighted by Gasteiger charge is 2.37. The second-order valence-corrected chi connectivity index (χ2v) is 12.5. The molecule has 4 nitrogen and oxygen atoms in total. The quantitative estimate of drug-likeness (QED) is 0.496. The minimum atomic E-state index is -1.91. The normalized spacial score (nSPS) is 12.1. The molecular formula is C19H33NO3Si. The fourth-order valence-electron chi connectivity index (χ4n) is 1.80. The molecule has 0 unspecified atom stereocenters. The summed E-state index contributed by atoms with van der Waals surface area (Å²) in [6.07, 6.45) is 2.16. The van der Waals surface area contributed by atoms with Crippen LogP contribution < -0.4 is 9.64 Å². The number of hydrogen-bond acceptors (Lipinski definition) is 3. The minimum Gasteiger partial charge on any atom is -0.494 e. The first kappa shape index (κ1) is 20.7. The Balaban J connectivity index is 2.59. The lowest BCUT2D eigenvalue weighted by Gasteiger charge is -2.36. The van der Waals surface area contributed by atoms with Crippen LogP contribution in [0.15, 0.2) is 24.3 Å². The summed E-state index contributed by atoms with van der Waals surface area (Å²) in [4.78, 5) is 14.0. The third-order valence-electron chi connectivity index (χ3n) is 4.73. The van der Waals surface area contributed by atoms with Gasteiger partial charge in [-0.2, -0.15) is 0 Å². The molecule has 24 heavy (non-hydrogen) atoms. The smallest absolute Gasteiger partial charge is 0.251 e. The number of unbranched alkanes of at least 4 members (excludes halogenated alkanes) is 1. The largest absolute Gasteiger partial charge is 0.494 e. The van der Waals surface area contributed by atoms with Gasteiger partial charge in [0.1, 0.15) is 12.4 Å². The van der Waals surface area contributed by atoms with Crippen LogP contribution in [0.3, 0.4) is 0 Å². The predicted molar refractivity (Wildman–Crippen MR) is 103 cm³/mol. The van der Waals surface area contributed by atoms with E-state index in [1.165, 1.54) is 0 Å². The monoisotopic (exact) mass is 351 g/mol. The summed E-state index contributed by atoms with van der Waals surface area (Å²) >= 11 is 0. The van der Waals surface area contributed by atoms with Gasteiger partial charge < -0.3 is 14.1 Å². The molecule has 0 atom stereocenters. The van der Waals surface area contributed by atoms with Gasteiger partial charge in [-0.1, -0.05) is 34.1 Å². The van der Waals surface area contributed by atoms with Gasteiger partial charge in [-0.25, -0.2) is 0 Å². The third kappa shape index (κ3) is 5.95. The molecule has 5 heteroatoms. The Labute approximate surface area is 148 Å². The first-order chi connectivity index (χ1) is 11.1. The van der Waals surface area contributed by atoms with Crippen LogP contribution >= 0.6 is 0 Å². The van der Waals surface area contributed by atoms with E-state index in [0.29, 0.717) is 0 Å². The lowest BCUT2D eigenvalue weighted by atomic mass is 10.2. The molecule has 136 valence electrons. The minimum absolute atomic E-state index is 0.0283. The van der Waals surface area contributed by atoms with Crippen LogP contribution in [0.2, 0.25) is 18.1 Å². The zero-order valence-electron chi connectivity index (χ0n) is 16.3. The van der Waals surface area contributed by atoms with E-state index in [1.807, 2.05) is 24.3 Å². The molecule has 0 heterocycles. The Morgan fingerprint density at radius 2 is 1.75 bits per heavy atom. The average molecular weight is 352 g/mol. The summed E-state index contributed by atoms with van der Waals surface area (Å²) in [5.41, 5.74) is 0.849. The first-order valence-corrected chi connectivity index (χ1v) is 11.6. The van der Waals surface area contributed by atoms with E-state index in [0.717, 1.165) is 30.9 Å². The summed E-state index contributed by atoms with van der Waals surface area (Å²) in [5.74, 6) is 0.810. The Hall–Kier alpha value is -1.33. The van der Waals surface area contributed by atoms with Crippen molar-refractivity contribution >= 4 is 19.9 Å². The maximum absolute atomic E-state index is 12.4. The fraction of sp³-hybridized carbons (Fsp3) is 0.632. The van der Waals surface area contributed by atoms with E-state index in [2.05, 4.69) is 40.8 Å². The number of nitrogens with zero attached hydrogens (tertiary/aromatic N) is 1. The van der Waals surface area contributed by atoms with Crippen LogP contribution in [0.5, 0.6) is 5.75 Å². The van der Waals surface area contributed by atoms with Crippen molar-refractivity contribution < 1.29 is 14.0 Å². The van der Waals surface area contributed by atoms with Gasteiger partial charge in [0.2, 0.25) is 0 Å². The summed E-state index contributed by atoms with van der Waals surface area (Å²) < 4.78 is 11.7. The Bertz CT molecular complexity index is 520. The number of carbonyl (C=O) groups is 1. The molecule has 0 fully saturated rings. The lowest BCUT2D eigenvalue weighted by Crippen LogP contribution is -2.44. The summed E-state index contributed by atoms with van der Waals surface area (Å²) in [6.45, 7) is 13.8. The molecule has 0 saturated carbocycles. The molecule has 0 aromatic heterocycles. The molecule has 1 aromatic rings. The van der Waals surface area contributed by atoms with Gasteiger partial charge in [0.25, 0.3) is 5.91 Å². The highest BCUT2D eigenvalue weighted by Crippen LogP contribution is 2.36. The van der Waals surface area contributed by atoms with Gasteiger partial charge in [-0.15, -0.1) is 0 Å². The van der Waals surface area contributed by atoms with Crippen LogP contribution in [0, 0.1) is 0 Å². The molecule has 0 radical (unpaired) electrons. The zero-order chi connectivity index (χ0) is 18.4. The lowest BCUT2D eigenvalue weighted by molar-refractivity contribution is -0.120. The second-order valence-electron chi connectivity index (χ2n) is 7.70. The molecule has 0 saturated heterocycles. The maximum Gasteiger partial charge on any atom is 0.251 e. The van der Waals surface area contributed by atoms with E-state index < -0.39 is 8.32 Å². The number of hydrogen-bond donors (Lipinski definition) is 0. The molecule has 0 N–H and O–H groups in total. The van der Waals surface area contributed by atoms with Gasteiger partial charge in [0.05, 0.1) is 6.61 Å². The molecular weight excluding hydrogens is 318 g/mol. The SMILES string of the molecule is CCCCOc1ccc(N(C)C(=O)CO[Si](C)(C)C(C)(C)C)cc1. The summed E-state index contributed by atoms with van der Waals surface area (Å²) in [6, 6.07) is 7.63. The number of amides is 1. The van der Waals surface area contributed by atoms with Crippen LogP contribution in [0.1, 0.15) is 40.5 Å². The molecule has 0 bridgehead atoms. The van der Waals surface area contributed by atoms with E-state index >= 15 is 0 Å². The molecule has 0 aliphatic carbocycles. The first-order valence-electron chi connectivity index (χ1n) is 8.72. The highest BCUT2D eigenvalue weighted by molar-refractivity contribution is 6.74. The molecule has 1 aromatic carbocycles. The van der Waals surface area contributed by atoms with Crippen molar-refractivity contribution in [3.8, 4) is 5.75 Å². The third-order valence-corrected chi connectivity index (χ3v) is 9.21. The van der Waals surface area contributed by atoms with Crippen LogP contribution in [-0.4, -0.2) is 34.5 Å². The van der Waals surface area contributed by atoms with Gasteiger partial charge in [0.15, 0.2) is 8.32 Å². The van der Waals surface area contributed by atoms with Gasteiger partial charge in [-0.05, 0) is 48.8 Å². The molecule has 0 aliphatic heterocycles. The van der Waals surface area contributed by atoms with Gasteiger partial charge in [-0.3, -0.25) is 4.79 Å². The molecule has 1 amide bonds. The summed E-state index contributed by atoms with van der Waals surface area (Å²) in [5, 5.41) is 0.101. The van der Waals surface area contributed by atoms with E-state index in [4.69, 9.17) is 9.16 Å². The van der Waals surface area contributed by atoms with E-state index in [1.54, 1.807) is 11.9 Å².